The molecule has 2 nitrogen and oxygen atoms in total. The van der Waals surface area contributed by atoms with Crippen LogP contribution >= 0.6 is 46.1 Å². The number of carbonyl (C=O) groups excluding carboxylic acids is 1. The van der Waals surface area contributed by atoms with E-state index in [0.717, 1.165) is 25.9 Å². The molecule has 0 radical (unpaired) electrons. The predicted octanol–water partition coefficient (Wildman–Crippen LogP) is 4.53. The molecule has 1 aromatic heterocycles. The molecule has 0 aliphatic carbocycles. The summed E-state index contributed by atoms with van der Waals surface area (Å²) in [5, 5.41) is 0.168. The van der Waals surface area contributed by atoms with Gasteiger partial charge in [-0.15, -0.1) is 22.9 Å². The van der Waals surface area contributed by atoms with Crippen molar-refractivity contribution in [2.45, 2.75) is 25.1 Å². The summed E-state index contributed by atoms with van der Waals surface area (Å²) in [4.78, 5) is 14.1. The molecule has 0 spiro atoms. The second kappa shape index (κ2) is 6.00. The van der Waals surface area contributed by atoms with Crippen molar-refractivity contribution in [3.05, 3.63) is 20.3 Å². The first-order valence-electron chi connectivity index (χ1n) is 5.87. The largest absolute Gasteiger partial charge is 0.339 e. The fourth-order valence-corrected chi connectivity index (χ4v) is 3.92. The van der Waals surface area contributed by atoms with Crippen molar-refractivity contribution >= 4 is 52.0 Å². The number of carbonyl (C=O) groups is 1. The van der Waals surface area contributed by atoms with Gasteiger partial charge in [-0.3, -0.25) is 4.79 Å². The van der Waals surface area contributed by atoms with E-state index in [4.69, 9.17) is 34.8 Å². The number of nitrogens with zero attached hydrogens (tertiary/aromatic N) is 1. The minimum Gasteiger partial charge on any atom is -0.339 e. The van der Waals surface area contributed by atoms with Crippen LogP contribution in [0.3, 0.4) is 0 Å². The van der Waals surface area contributed by atoms with Gasteiger partial charge in [0.1, 0.15) is 4.34 Å². The minimum atomic E-state index is -0.0242. The monoisotopic (exact) mass is 325 g/mol. The van der Waals surface area contributed by atoms with Crippen molar-refractivity contribution in [3.8, 4) is 0 Å². The summed E-state index contributed by atoms with van der Waals surface area (Å²) in [6, 6.07) is 1.65. The van der Waals surface area contributed by atoms with Gasteiger partial charge in [-0.25, -0.2) is 0 Å². The van der Waals surface area contributed by atoms with Crippen LogP contribution in [-0.4, -0.2) is 29.3 Å². The van der Waals surface area contributed by atoms with Gasteiger partial charge in [-0.05, 0) is 31.7 Å². The van der Waals surface area contributed by atoms with Gasteiger partial charge in [0.15, 0.2) is 0 Å². The average Bonchev–Trinajstić information content (AvgIpc) is 2.67. The van der Waals surface area contributed by atoms with Gasteiger partial charge in [-0.1, -0.05) is 23.2 Å². The molecule has 18 heavy (non-hydrogen) atoms. The third-order valence-electron chi connectivity index (χ3n) is 3.36. The van der Waals surface area contributed by atoms with Crippen LogP contribution in [0.5, 0.6) is 0 Å². The summed E-state index contributed by atoms with van der Waals surface area (Å²) >= 11 is 19.2. The zero-order chi connectivity index (χ0) is 13.3. The lowest BCUT2D eigenvalue weighted by Gasteiger charge is -2.33. The summed E-state index contributed by atoms with van der Waals surface area (Å²) in [7, 11) is 0. The topological polar surface area (TPSA) is 20.3 Å². The number of piperidine rings is 1. The number of alkyl halides is 1. The van der Waals surface area contributed by atoms with E-state index >= 15 is 0 Å². The lowest BCUT2D eigenvalue weighted by Crippen LogP contribution is -2.39. The van der Waals surface area contributed by atoms with Crippen molar-refractivity contribution in [2.75, 3.05) is 13.1 Å². The van der Waals surface area contributed by atoms with Crippen LogP contribution in [0.25, 0.3) is 0 Å². The first-order chi connectivity index (χ1) is 8.49. The van der Waals surface area contributed by atoms with E-state index < -0.39 is 0 Å². The molecule has 6 heteroatoms. The van der Waals surface area contributed by atoms with Crippen molar-refractivity contribution < 1.29 is 4.79 Å². The third-order valence-corrected chi connectivity index (χ3v) is 5.21. The van der Waals surface area contributed by atoms with Gasteiger partial charge < -0.3 is 4.90 Å². The SMILES string of the molecule is CC(Cl)C1CCN(C(=O)c2cc(Cl)sc2Cl)CC1. The van der Waals surface area contributed by atoms with Crippen molar-refractivity contribution in [1.82, 2.24) is 4.90 Å². The Morgan fingerprint density at radius 2 is 2.06 bits per heavy atom. The fraction of sp³-hybridized carbons (Fsp3) is 0.583. The van der Waals surface area contributed by atoms with Crippen LogP contribution in [-0.2, 0) is 0 Å². The number of hydrogen-bond donors (Lipinski definition) is 0. The molecule has 1 atom stereocenters. The molecule has 1 fully saturated rings. The molecule has 2 rings (SSSR count). The Hall–Kier alpha value is 0.0400. The quantitative estimate of drug-likeness (QED) is 0.731. The lowest BCUT2D eigenvalue weighted by molar-refractivity contribution is 0.0691. The maximum absolute atomic E-state index is 12.3. The van der Waals surface area contributed by atoms with E-state index in [-0.39, 0.29) is 11.3 Å². The molecule has 1 amide bonds. The summed E-state index contributed by atoms with van der Waals surface area (Å²) < 4.78 is 1.02. The van der Waals surface area contributed by atoms with Crippen molar-refractivity contribution in [3.63, 3.8) is 0 Å². The molecule has 2 heterocycles. The number of likely N-dealkylation sites (tertiary alicyclic amines) is 1. The van der Waals surface area contributed by atoms with E-state index in [0.29, 0.717) is 20.2 Å². The Morgan fingerprint density at radius 3 is 2.50 bits per heavy atom. The summed E-state index contributed by atoms with van der Waals surface area (Å²) in [6.07, 6.45) is 1.90. The zero-order valence-corrected chi connectivity index (χ0v) is 13.0. The van der Waals surface area contributed by atoms with Gasteiger partial charge in [-0.2, -0.15) is 0 Å². The Kier molecular flexibility index (Phi) is 4.81. The number of amides is 1. The molecule has 1 aromatic rings. The highest BCUT2D eigenvalue weighted by molar-refractivity contribution is 7.20. The van der Waals surface area contributed by atoms with E-state index in [1.807, 2.05) is 11.8 Å². The van der Waals surface area contributed by atoms with Gasteiger partial charge >= 0.3 is 0 Å². The molecule has 1 aliphatic rings. The van der Waals surface area contributed by atoms with Crippen LogP contribution in [0.4, 0.5) is 0 Å². The van der Waals surface area contributed by atoms with Crippen molar-refractivity contribution in [1.29, 1.82) is 0 Å². The lowest BCUT2D eigenvalue weighted by atomic mass is 9.94. The predicted molar refractivity (Wildman–Crippen MR) is 78.3 cm³/mol. The first kappa shape index (κ1) is 14.4. The fourth-order valence-electron chi connectivity index (χ4n) is 2.22. The second-order valence-electron chi connectivity index (χ2n) is 4.55. The van der Waals surface area contributed by atoms with Crippen LogP contribution in [0.2, 0.25) is 8.67 Å². The summed E-state index contributed by atoms with van der Waals surface area (Å²) in [6.45, 7) is 3.49. The Bertz CT molecular complexity index is 439. The summed E-state index contributed by atoms with van der Waals surface area (Å²) in [5.41, 5.74) is 0.518. The molecule has 1 unspecified atom stereocenters. The van der Waals surface area contributed by atoms with Crippen molar-refractivity contribution in [2.24, 2.45) is 5.92 Å². The molecule has 0 aromatic carbocycles. The summed E-state index contributed by atoms with van der Waals surface area (Å²) in [5.74, 6) is 0.473. The van der Waals surface area contributed by atoms with Gasteiger partial charge in [0.25, 0.3) is 5.91 Å². The number of thiophene rings is 1. The minimum absolute atomic E-state index is 0.0242. The molecule has 0 saturated carbocycles. The highest BCUT2D eigenvalue weighted by atomic mass is 35.5. The third kappa shape index (κ3) is 3.13. The number of halogens is 3. The average molecular weight is 327 g/mol. The molecular weight excluding hydrogens is 313 g/mol. The van der Waals surface area contributed by atoms with Crippen LogP contribution < -0.4 is 0 Å². The molecule has 1 aliphatic heterocycles. The standard InChI is InChI=1S/C12H14Cl3NOS/c1-7(13)8-2-4-16(5-3-8)12(17)9-6-10(14)18-11(9)15/h6-8H,2-5H2,1H3. The maximum Gasteiger partial charge on any atom is 0.256 e. The van der Waals surface area contributed by atoms with Gasteiger partial charge in [0, 0.05) is 18.5 Å². The Balaban J connectivity index is 2.02. The van der Waals surface area contributed by atoms with Crippen LogP contribution in [0, 0.1) is 5.92 Å². The Morgan fingerprint density at radius 1 is 1.44 bits per heavy atom. The van der Waals surface area contributed by atoms with E-state index in [1.54, 1.807) is 6.07 Å². The van der Waals surface area contributed by atoms with Gasteiger partial charge in [0.2, 0.25) is 0 Å². The molecule has 0 N–H and O–H groups in total. The van der Waals surface area contributed by atoms with E-state index in [1.165, 1.54) is 11.3 Å². The molecule has 100 valence electrons. The zero-order valence-electron chi connectivity index (χ0n) is 9.96. The highest BCUT2D eigenvalue weighted by Gasteiger charge is 2.27. The molecular formula is C12H14Cl3NOS. The first-order valence-corrected chi connectivity index (χ1v) is 7.88. The molecule has 1 saturated heterocycles. The smallest absolute Gasteiger partial charge is 0.256 e. The number of rotatable bonds is 2. The Labute approximate surface area is 126 Å². The highest BCUT2D eigenvalue weighted by Crippen LogP contribution is 2.33. The normalized spacial score (nSPS) is 19.0. The second-order valence-corrected chi connectivity index (χ2v) is 7.52. The molecule has 0 bridgehead atoms. The van der Waals surface area contributed by atoms with Crippen LogP contribution in [0.1, 0.15) is 30.1 Å². The van der Waals surface area contributed by atoms with E-state index in [2.05, 4.69) is 0 Å². The van der Waals surface area contributed by atoms with Gasteiger partial charge in [0.05, 0.1) is 9.90 Å². The van der Waals surface area contributed by atoms with Crippen LogP contribution in [0.15, 0.2) is 6.07 Å². The number of hydrogen-bond acceptors (Lipinski definition) is 2. The maximum atomic E-state index is 12.3. The van der Waals surface area contributed by atoms with E-state index in [9.17, 15) is 4.79 Å².